The summed E-state index contributed by atoms with van der Waals surface area (Å²) in [4.78, 5) is 34.2. The molecule has 0 fully saturated rings. The van der Waals surface area contributed by atoms with Crippen LogP contribution in [0.25, 0.3) is 6.08 Å². The molecule has 0 aliphatic heterocycles. The van der Waals surface area contributed by atoms with Crippen LogP contribution in [0.4, 0.5) is 11.4 Å². The third-order valence-corrected chi connectivity index (χ3v) is 3.46. The summed E-state index contributed by atoms with van der Waals surface area (Å²) >= 11 is 0. The molecule has 2 aromatic carbocycles. The Labute approximate surface area is 154 Å². The van der Waals surface area contributed by atoms with Crippen LogP contribution in [0.1, 0.15) is 18.1 Å². The monoisotopic (exact) mass is 365 g/mol. The van der Waals surface area contributed by atoms with Crippen LogP contribution in [0.2, 0.25) is 0 Å². The van der Waals surface area contributed by atoms with E-state index in [1.165, 1.54) is 31.2 Å². The molecule has 0 aliphatic rings. The van der Waals surface area contributed by atoms with Crippen LogP contribution in [0, 0.1) is 21.4 Å². The van der Waals surface area contributed by atoms with Gasteiger partial charge >= 0.3 is 5.97 Å². The first kappa shape index (κ1) is 19.3. The van der Waals surface area contributed by atoms with E-state index in [2.05, 4.69) is 5.32 Å². The fourth-order valence-corrected chi connectivity index (χ4v) is 2.10. The number of nitro benzene ring substituents is 1. The van der Waals surface area contributed by atoms with Crippen molar-refractivity contribution < 1.29 is 19.2 Å². The standard InChI is InChI=1S/C19H15N3O5/c1-13(19(24)21-17-8-3-2-6-15(17)12-20)27-18(23)10-9-14-5-4-7-16(11-14)22(25)26/h2-11,13H,1H3,(H,21,24)/b10-9+/t13-/m0/s1. The summed E-state index contributed by atoms with van der Waals surface area (Å²) in [6, 6.07) is 14.1. The molecular formula is C19H15N3O5. The maximum atomic E-state index is 12.1. The van der Waals surface area contributed by atoms with Crippen molar-refractivity contribution in [3.8, 4) is 6.07 Å². The first-order valence-electron chi connectivity index (χ1n) is 7.84. The summed E-state index contributed by atoms with van der Waals surface area (Å²) in [7, 11) is 0. The Morgan fingerprint density at radius 2 is 2.00 bits per heavy atom. The highest BCUT2D eigenvalue weighted by Gasteiger charge is 2.17. The molecule has 0 radical (unpaired) electrons. The van der Waals surface area contributed by atoms with Crippen molar-refractivity contribution in [3.63, 3.8) is 0 Å². The highest BCUT2D eigenvalue weighted by molar-refractivity contribution is 5.97. The van der Waals surface area contributed by atoms with E-state index in [4.69, 9.17) is 10.00 Å². The zero-order valence-electron chi connectivity index (χ0n) is 14.3. The van der Waals surface area contributed by atoms with Crippen LogP contribution in [-0.4, -0.2) is 22.9 Å². The number of ether oxygens (including phenoxy) is 1. The predicted octanol–water partition coefficient (Wildman–Crippen LogP) is 3.05. The smallest absolute Gasteiger partial charge is 0.331 e. The van der Waals surface area contributed by atoms with Crippen LogP contribution < -0.4 is 5.32 Å². The van der Waals surface area contributed by atoms with E-state index in [-0.39, 0.29) is 11.3 Å². The SMILES string of the molecule is C[C@H](OC(=O)/C=C/c1cccc([N+](=O)[O-])c1)C(=O)Nc1ccccc1C#N. The summed E-state index contributed by atoms with van der Waals surface area (Å²) in [5.41, 5.74) is 0.950. The number of nitriles is 1. The number of carbonyl (C=O) groups is 2. The second-order valence-corrected chi connectivity index (χ2v) is 5.41. The molecule has 0 heterocycles. The quantitative estimate of drug-likeness (QED) is 0.363. The van der Waals surface area contributed by atoms with Crippen molar-refractivity contribution in [2.45, 2.75) is 13.0 Å². The molecule has 8 heteroatoms. The van der Waals surface area contributed by atoms with Gasteiger partial charge in [-0.3, -0.25) is 14.9 Å². The maximum absolute atomic E-state index is 12.1. The molecule has 0 aromatic heterocycles. The van der Waals surface area contributed by atoms with Crippen molar-refractivity contribution in [3.05, 3.63) is 75.8 Å². The lowest BCUT2D eigenvalue weighted by atomic mass is 10.2. The number of amides is 1. The van der Waals surface area contributed by atoms with Crippen molar-refractivity contribution >= 4 is 29.3 Å². The number of hydrogen-bond acceptors (Lipinski definition) is 6. The number of anilines is 1. The van der Waals surface area contributed by atoms with Crippen LogP contribution >= 0.6 is 0 Å². The average molecular weight is 365 g/mol. The fraction of sp³-hybridized carbons (Fsp3) is 0.105. The van der Waals surface area contributed by atoms with Gasteiger partial charge < -0.3 is 10.1 Å². The zero-order chi connectivity index (χ0) is 19.8. The molecule has 1 N–H and O–H groups in total. The number of nitro groups is 1. The highest BCUT2D eigenvalue weighted by atomic mass is 16.6. The molecule has 0 aliphatic carbocycles. The lowest BCUT2D eigenvalue weighted by Crippen LogP contribution is -2.29. The van der Waals surface area contributed by atoms with Gasteiger partial charge in [-0.1, -0.05) is 24.3 Å². The van der Waals surface area contributed by atoms with Crippen molar-refractivity contribution in [2.24, 2.45) is 0 Å². The molecule has 27 heavy (non-hydrogen) atoms. The number of esters is 1. The van der Waals surface area contributed by atoms with E-state index in [1.54, 1.807) is 30.3 Å². The molecule has 2 rings (SSSR count). The molecule has 0 saturated carbocycles. The minimum absolute atomic E-state index is 0.102. The Balaban J connectivity index is 1.96. The summed E-state index contributed by atoms with van der Waals surface area (Å²) in [6.07, 6.45) is 1.33. The summed E-state index contributed by atoms with van der Waals surface area (Å²) in [5.74, 6) is -1.37. The van der Waals surface area contributed by atoms with Gasteiger partial charge in [0.25, 0.3) is 11.6 Å². The number of carbonyl (C=O) groups excluding carboxylic acids is 2. The van der Waals surface area contributed by atoms with Crippen LogP contribution in [0.5, 0.6) is 0 Å². The van der Waals surface area contributed by atoms with Crippen LogP contribution in [-0.2, 0) is 14.3 Å². The number of nitrogens with zero attached hydrogens (tertiary/aromatic N) is 2. The Kier molecular flexibility index (Phi) is 6.39. The van der Waals surface area contributed by atoms with Crippen molar-refractivity contribution in [2.75, 3.05) is 5.32 Å². The Bertz CT molecular complexity index is 946. The number of hydrogen-bond donors (Lipinski definition) is 1. The third-order valence-electron chi connectivity index (χ3n) is 3.46. The van der Waals surface area contributed by atoms with Crippen LogP contribution in [0.15, 0.2) is 54.6 Å². The molecule has 8 nitrogen and oxygen atoms in total. The number of benzene rings is 2. The highest BCUT2D eigenvalue weighted by Crippen LogP contribution is 2.15. The van der Waals surface area contributed by atoms with E-state index < -0.39 is 22.9 Å². The molecule has 0 bridgehead atoms. The molecule has 2 aromatic rings. The Hall–Kier alpha value is -3.99. The van der Waals surface area contributed by atoms with Gasteiger partial charge in [-0.25, -0.2) is 4.79 Å². The van der Waals surface area contributed by atoms with Gasteiger partial charge in [0.15, 0.2) is 6.10 Å². The molecule has 0 spiro atoms. The fourth-order valence-electron chi connectivity index (χ4n) is 2.10. The second kappa shape index (κ2) is 8.92. The van der Waals surface area contributed by atoms with Crippen molar-refractivity contribution in [1.29, 1.82) is 5.26 Å². The normalized spacial score (nSPS) is 11.4. The average Bonchev–Trinajstić information content (AvgIpc) is 2.67. The second-order valence-electron chi connectivity index (χ2n) is 5.41. The molecule has 1 amide bonds. The Morgan fingerprint density at radius 1 is 1.26 bits per heavy atom. The van der Waals surface area contributed by atoms with E-state index in [0.29, 0.717) is 11.3 Å². The minimum Gasteiger partial charge on any atom is -0.449 e. The van der Waals surface area contributed by atoms with Gasteiger partial charge in [-0.2, -0.15) is 5.26 Å². The topological polar surface area (TPSA) is 122 Å². The summed E-state index contributed by atoms with van der Waals surface area (Å²) in [5, 5.41) is 22.3. The lowest BCUT2D eigenvalue weighted by molar-refractivity contribution is -0.384. The number of nitrogens with one attached hydrogen (secondary N) is 1. The van der Waals surface area contributed by atoms with E-state index >= 15 is 0 Å². The molecule has 0 unspecified atom stereocenters. The Morgan fingerprint density at radius 3 is 2.70 bits per heavy atom. The number of non-ortho nitro benzene ring substituents is 1. The number of para-hydroxylation sites is 1. The molecule has 136 valence electrons. The minimum atomic E-state index is -1.10. The van der Waals surface area contributed by atoms with Crippen LogP contribution in [0.3, 0.4) is 0 Å². The maximum Gasteiger partial charge on any atom is 0.331 e. The zero-order valence-corrected chi connectivity index (χ0v) is 14.3. The number of rotatable bonds is 6. The molecule has 1 atom stereocenters. The van der Waals surface area contributed by atoms with Crippen molar-refractivity contribution in [1.82, 2.24) is 0 Å². The first-order chi connectivity index (χ1) is 12.9. The summed E-state index contributed by atoms with van der Waals surface area (Å²) < 4.78 is 5.00. The van der Waals surface area contributed by atoms with Gasteiger partial charge in [0.1, 0.15) is 6.07 Å². The third kappa shape index (κ3) is 5.51. The van der Waals surface area contributed by atoms with Gasteiger partial charge in [0, 0.05) is 18.2 Å². The molecular weight excluding hydrogens is 350 g/mol. The lowest BCUT2D eigenvalue weighted by Gasteiger charge is -2.13. The van der Waals surface area contributed by atoms with E-state index in [1.807, 2.05) is 6.07 Å². The summed E-state index contributed by atoms with van der Waals surface area (Å²) in [6.45, 7) is 1.39. The molecule has 0 saturated heterocycles. The predicted molar refractivity (Wildman–Crippen MR) is 97.5 cm³/mol. The van der Waals surface area contributed by atoms with Gasteiger partial charge in [0.2, 0.25) is 0 Å². The van der Waals surface area contributed by atoms with E-state index in [9.17, 15) is 19.7 Å². The largest absolute Gasteiger partial charge is 0.449 e. The van der Waals surface area contributed by atoms with Gasteiger partial charge in [-0.05, 0) is 30.7 Å². The van der Waals surface area contributed by atoms with Gasteiger partial charge in [-0.15, -0.1) is 0 Å². The van der Waals surface area contributed by atoms with Gasteiger partial charge in [0.05, 0.1) is 16.2 Å². The first-order valence-corrected chi connectivity index (χ1v) is 7.84. The van der Waals surface area contributed by atoms with E-state index in [0.717, 1.165) is 6.08 Å².